The van der Waals surface area contributed by atoms with Crippen LogP contribution in [-0.2, 0) is 9.53 Å². The minimum Gasteiger partial charge on any atom is -0.465 e. The second-order valence-electron chi connectivity index (χ2n) is 5.27. The van der Waals surface area contributed by atoms with Gasteiger partial charge in [-0.15, -0.1) is 0 Å². The number of hydrogen-bond acceptors (Lipinski definition) is 2. The van der Waals surface area contributed by atoms with Crippen molar-refractivity contribution in [1.82, 2.24) is 0 Å². The van der Waals surface area contributed by atoms with E-state index in [1.165, 1.54) is 58.5 Å². The highest BCUT2D eigenvalue weighted by molar-refractivity contribution is 5.91. The van der Waals surface area contributed by atoms with Crippen molar-refractivity contribution >= 4 is 5.97 Å². The van der Waals surface area contributed by atoms with E-state index in [1.807, 2.05) is 25.2 Å². The number of methoxy groups -OCH3 is 1. The molecule has 0 rings (SSSR count). The van der Waals surface area contributed by atoms with Gasteiger partial charge in [0.2, 0.25) is 0 Å². The number of hydrogen-bond donors (Lipinski definition) is 0. The number of esters is 1. The molecule has 0 aromatic rings. The van der Waals surface area contributed by atoms with Gasteiger partial charge in [-0.3, -0.25) is 0 Å². The van der Waals surface area contributed by atoms with E-state index in [0.29, 0.717) is 5.57 Å². The highest BCUT2D eigenvalue weighted by Gasteiger charge is 2.04. The van der Waals surface area contributed by atoms with Gasteiger partial charge in [-0.2, -0.15) is 0 Å². The maximum Gasteiger partial charge on any atom is 0.337 e. The van der Waals surface area contributed by atoms with E-state index in [0.717, 1.165) is 12.8 Å². The summed E-state index contributed by atoms with van der Waals surface area (Å²) in [7, 11) is 1.43. The summed E-state index contributed by atoms with van der Waals surface area (Å²) in [5.41, 5.74) is 0.676. The molecule has 0 heterocycles. The highest BCUT2D eigenvalue weighted by Crippen LogP contribution is 2.11. The number of carbonyl (C=O) groups excluding carboxylic acids is 1. The monoisotopic (exact) mass is 280 g/mol. The Balaban J connectivity index is 3.60. The van der Waals surface area contributed by atoms with Gasteiger partial charge in [0.1, 0.15) is 0 Å². The average molecular weight is 280 g/mol. The highest BCUT2D eigenvalue weighted by atomic mass is 16.5. The zero-order valence-corrected chi connectivity index (χ0v) is 13.6. The first-order valence-corrected chi connectivity index (χ1v) is 8.17. The van der Waals surface area contributed by atoms with Gasteiger partial charge in [-0.25, -0.2) is 4.79 Å². The summed E-state index contributed by atoms with van der Waals surface area (Å²) in [4.78, 5) is 11.5. The molecule has 0 atom stereocenters. The lowest BCUT2D eigenvalue weighted by Gasteiger charge is -2.02. The Bertz CT molecular complexity index is 290. The molecule has 0 N–H and O–H groups in total. The van der Waals surface area contributed by atoms with Gasteiger partial charge in [-0.1, -0.05) is 76.5 Å². The van der Waals surface area contributed by atoms with Crippen LogP contribution in [0.1, 0.15) is 78.1 Å². The third-order valence-electron chi connectivity index (χ3n) is 3.44. The van der Waals surface area contributed by atoms with E-state index in [2.05, 4.69) is 6.92 Å². The van der Waals surface area contributed by atoms with Crippen LogP contribution in [0.3, 0.4) is 0 Å². The summed E-state index contributed by atoms with van der Waals surface area (Å²) in [6, 6.07) is 0. The topological polar surface area (TPSA) is 26.3 Å². The first kappa shape index (κ1) is 18.9. The van der Waals surface area contributed by atoms with Crippen LogP contribution in [0.25, 0.3) is 0 Å². The van der Waals surface area contributed by atoms with Crippen LogP contribution >= 0.6 is 0 Å². The van der Waals surface area contributed by atoms with E-state index in [4.69, 9.17) is 4.74 Å². The molecule has 2 nitrogen and oxygen atoms in total. The van der Waals surface area contributed by atoms with E-state index < -0.39 is 0 Å². The Labute approximate surface area is 125 Å². The van der Waals surface area contributed by atoms with Crippen molar-refractivity contribution in [2.45, 2.75) is 78.1 Å². The zero-order valence-electron chi connectivity index (χ0n) is 13.6. The van der Waals surface area contributed by atoms with E-state index in [-0.39, 0.29) is 5.97 Å². The minimum absolute atomic E-state index is 0.237. The predicted molar refractivity (Wildman–Crippen MR) is 86.8 cm³/mol. The largest absolute Gasteiger partial charge is 0.465 e. The number of rotatable bonds is 12. The zero-order chi connectivity index (χ0) is 15.1. The molecule has 0 radical (unpaired) electrons. The van der Waals surface area contributed by atoms with Crippen LogP contribution in [0.15, 0.2) is 23.8 Å². The molecule has 0 spiro atoms. The Morgan fingerprint density at radius 2 is 1.50 bits per heavy atom. The number of unbranched alkanes of at least 4 members (excludes halogenated alkanes) is 9. The standard InChI is InChI=1S/C18H32O2/c1-4-6-7-8-9-10-11-12-13-14-16-17(15-5-2)18(19)20-3/h5,15-16H,4,6-14H2,1-3H3/b15-5-,17-16-. The van der Waals surface area contributed by atoms with Crippen LogP contribution in [0.5, 0.6) is 0 Å². The van der Waals surface area contributed by atoms with Crippen molar-refractivity contribution in [3.05, 3.63) is 23.8 Å². The molecule has 116 valence electrons. The molecule has 0 aromatic heterocycles. The summed E-state index contributed by atoms with van der Waals surface area (Å²) < 4.78 is 4.75. The molecular weight excluding hydrogens is 248 g/mol. The quantitative estimate of drug-likeness (QED) is 0.202. The lowest BCUT2D eigenvalue weighted by Crippen LogP contribution is -2.02. The molecule has 0 bridgehead atoms. The van der Waals surface area contributed by atoms with Gasteiger partial charge in [0.25, 0.3) is 0 Å². The molecule has 0 aromatic carbocycles. The van der Waals surface area contributed by atoms with Crippen LogP contribution in [-0.4, -0.2) is 13.1 Å². The fourth-order valence-electron chi connectivity index (χ4n) is 2.23. The van der Waals surface area contributed by atoms with Crippen molar-refractivity contribution in [2.24, 2.45) is 0 Å². The lowest BCUT2D eigenvalue weighted by atomic mass is 10.1. The molecule has 0 aliphatic rings. The Kier molecular flexibility index (Phi) is 13.6. The molecule has 0 fully saturated rings. The van der Waals surface area contributed by atoms with Crippen molar-refractivity contribution in [1.29, 1.82) is 0 Å². The van der Waals surface area contributed by atoms with E-state index in [1.54, 1.807) is 0 Å². The maximum absolute atomic E-state index is 11.5. The predicted octanol–water partition coefficient (Wildman–Crippen LogP) is 5.58. The van der Waals surface area contributed by atoms with Crippen LogP contribution < -0.4 is 0 Å². The fourth-order valence-corrected chi connectivity index (χ4v) is 2.23. The van der Waals surface area contributed by atoms with Gasteiger partial charge < -0.3 is 4.74 Å². The molecule has 0 amide bonds. The van der Waals surface area contributed by atoms with Crippen LogP contribution in [0.4, 0.5) is 0 Å². The van der Waals surface area contributed by atoms with Crippen LogP contribution in [0.2, 0.25) is 0 Å². The van der Waals surface area contributed by atoms with Crippen molar-refractivity contribution in [3.8, 4) is 0 Å². The minimum atomic E-state index is -0.237. The molecule has 2 heteroatoms. The molecular formula is C18H32O2. The summed E-state index contributed by atoms with van der Waals surface area (Å²) in [6.07, 6.45) is 18.6. The van der Waals surface area contributed by atoms with Crippen molar-refractivity contribution in [3.63, 3.8) is 0 Å². The molecule has 0 aliphatic carbocycles. The first-order chi connectivity index (χ1) is 9.76. The van der Waals surface area contributed by atoms with E-state index in [9.17, 15) is 4.79 Å². The molecule has 0 aliphatic heterocycles. The summed E-state index contributed by atoms with van der Waals surface area (Å²) >= 11 is 0. The first-order valence-electron chi connectivity index (χ1n) is 8.17. The molecule has 0 unspecified atom stereocenters. The third-order valence-corrected chi connectivity index (χ3v) is 3.44. The Morgan fingerprint density at radius 1 is 0.950 bits per heavy atom. The second kappa shape index (κ2) is 14.4. The lowest BCUT2D eigenvalue weighted by molar-refractivity contribution is -0.135. The fraction of sp³-hybridized carbons (Fsp3) is 0.722. The van der Waals surface area contributed by atoms with Gasteiger partial charge in [0.15, 0.2) is 0 Å². The summed E-state index contributed by atoms with van der Waals surface area (Å²) in [6.45, 7) is 4.17. The summed E-state index contributed by atoms with van der Waals surface area (Å²) in [5, 5.41) is 0. The van der Waals surface area contributed by atoms with Gasteiger partial charge in [0, 0.05) is 0 Å². The number of carbonyl (C=O) groups is 1. The molecule has 20 heavy (non-hydrogen) atoms. The number of allylic oxidation sites excluding steroid dienone is 2. The van der Waals surface area contributed by atoms with E-state index >= 15 is 0 Å². The second-order valence-corrected chi connectivity index (χ2v) is 5.27. The third kappa shape index (κ3) is 10.8. The Morgan fingerprint density at radius 3 is 2.00 bits per heavy atom. The van der Waals surface area contributed by atoms with Gasteiger partial charge in [0.05, 0.1) is 12.7 Å². The van der Waals surface area contributed by atoms with Gasteiger partial charge >= 0.3 is 5.97 Å². The summed E-state index contributed by atoms with van der Waals surface area (Å²) in [5.74, 6) is -0.237. The average Bonchev–Trinajstić information content (AvgIpc) is 2.47. The Hall–Kier alpha value is -1.05. The maximum atomic E-state index is 11.5. The molecule has 0 saturated heterocycles. The molecule has 0 saturated carbocycles. The number of ether oxygens (including phenoxy) is 1. The van der Waals surface area contributed by atoms with Gasteiger partial charge in [-0.05, 0) is 19.8 Å². The SMILES string of the molecule is C/C=C\C(=C\CCCCCCCCCCC)C(=O)OC. The smallest absolute Gasteiger partial charge is 0.337 e. The van der Waals surface area contributed by atoms with Crippen LogP contribution in [0, 0.1) is 0 Å². The normalized spacial score (nSPS) is 12.1. The van der Waals surface area contributed by atoms with Crippen molar-refractivity contribution < 1.29 is 9.53 Å². The van der Waals surface area contributed by atoms with Crippen molar-refractivity contribution in [2.75, 3.05) is 7.11 Å².